The van der Waals surface area contributed by atoms with Crippen LogP contribution in [0.4, 0.5) is 0 Å². The molecule has 13 heavy (non-hydrogen) atoms. The lowest BCUT2D eigenvalue weighted by Gasteiger charge is -2.08. The zero-order valence-electron chi connectivity index (χ0n) is 8.21. The van der Waals surface area contributed by atoms with E-state index in [1.165, 1.54) is 0 Å². The summed E-state index contributed by atoms with van der Waals surface area (Å²) in [5.74, 6) is 0. The van der Waals surface area contributed by atoms with Crippen LogP contribution in [0.1, 0.15) is 37.1 Å². The van der Waals surface area contributed by atoms with Crippen LogP contribution in [-0.2, 0) is 7.05 Å². The molecule has 0 fully saturated rings. The topological polar surface area (TPSA) is 38.1 Å². The number of aliphatic hydroxyl groups excluding tert-OH is 1. The summed E-state index contributed by atoms with van der Waals surface area (Å²) in [5, 5.41) is 14.4. The van der Waals surface area contributed by atoms with Crippen LogP contribution in [0.2, 0.25) is 5.15 Å². The Morgan fingerprint density at radius 1 is 1.62 bits per heavy atom. The van der Waals surface area contributed by atoms with E-state index >= 15 is 0 Å². The highest BCUT2D eigenvalue weighted by molar-refractivity contribution is 6.30. The van der Waals surface area contributed by atoms with Crippen molar-refractivity contribution in [3.63, 3.8) is 0 Å². The molecule has 0 aliphatic carbocycles. The van der Waals surface area contributed by atoms with Gasteiger partial charge in [0, 0.05) is 12.6 Å². The highest BCUT2D eigenvalue weighted by Crippen LogP contribution is 2.28. The van der Waals surface area contributed by atoms with Crippen LogP contribution in [0.5, 0.6) is 0 Å². The predicted octanol–water partition coefficient (Wildman–Crippen LogP) is 2.22. The molecule has 1 heterocycles. The standard InChI is InChI=1S/C9H15ClN2O/c1-4-5-7(13)8-6(2)11-12(3)9(8)10/h7,13H,4-5H2,1-3H3. The minimum absolute atomic E-state index is 0.480. The lowest BCUT2D eigenvalue weighted by atomic mass is 10.1. The van der Waals surface area contributed by atoms with E-state index in [2.05, 4.69) is 5.10 Å². The van der Waals surface area contributed by atoms with E-state index in [4.69, 9.17) is 11.6 Å². The first kappa shape index (κ1) is 10.5. The summed E-state index contributed by atoms with van der Waals surface area (Å²) in [6.45, 7) is 3.89. The normalized spacial score (nSPS) is 13.3. The lowest BCUT2D eigenvalue weighted by molar-refractivity contribution is 0.166. The van der Waals surface area contributed by atoms with Crippen molar-refractivity contribution in [1.29, 1.82) is 0 Å². The van der Waals surface area contributed by atoms with Crippen LogP contribution < -0.4 is 0 Å². The first-order chi connectivity index (χ1) is 6.07. The number of rotatable bonds is 3. The number of hydrogen-bond donors (Lipinski definition) is 1. The van der Waals surface area contributed by atoms with Gasteiger partial charge in [-0.15, -0.1) is 0 Å². The van der Waals surface area contributed by atoms with Crippen LogP contribution in [0.15, 0.2) is 0 Å². The van der Waals surface area contributed by atoms with E-state index in [-0.39, 0.29) is 0 Å². The monoisotopic (exact) mass is 202 g/mol. The van der Waals surface area contributed by atoms with E-state index in [0.29, 0.717) is 5.15 Å². The van der Waals surface area contributed by atoms with Crippen molar-refractivity contribution in [2.24, 2.45) is 7.05 Å². The molecule has 1 rings (SSSR count). The van der Waals surface area contributed by atoms with Gasteiger partial charge in [-0.25, -0.2) is 0 Å². The molecule has 4 heteroatoms. The number of aliphatic hydroxyl groups is 1. The van der Waals surface area contributed by atoms with Crippen molar-refractivity contribution < 1.29 is 5.11 Å². The first-order valence-electron chi connectivity index (χ1n) is 4.45. The van der Waals surface area contributed by atoms with Gasteiger partial charge in [0.15, 0.2) is 0 Å². The third-order valence-corrected chi connectivity index (χ3v) is 2.54. The maximum atomic E-state index is 9.76. The van der Waals surface area contributed by atoms with Crippen LogP contribution in [0.3, 0.4) is 0 Å². The second-order valence-electron chi connectivity index (χ2n) is 3.22. The van der Waals surface area contributed by atoms with Crippen molar-refractivity contribution in [3.8, 4) is 0 Å². The molecule has 0 radical (unpaired) electrons. The molecule has 0 bridgehead atoms. The summed E-state index contributed by atoms with van der Waals surface area (Å²) < 4.78 is 1.59. The Hall–Kier alpha value is -0.540. The van der Waals surface area contributed by atoms with Gasteiger partial charge in [-0.3, -0.25) is 4.68 Å². The van der Waals surface area contributed by atoms with E-state index in [1.54, 1.807) is 11.7 Å². The average molecular weight is 203 g/mol. The van der Waals surface area contributed by atoms with Gasteiger partial charge in [0.1, 0.15) is 5.15 Å². The zero-order valence-corrected chi connectivity index (χ0v) is 8.97. The summed E-state index contributed by atoms with van der Waals surface area (Å²) in [7, 11) is 1.78. The molecule has 1 atom stereocenters. The van der Waals surface area contributed by atoms with Gasteiger partial charge < -0.3 is 5.11 Å². The van der Waals surface area contributed by atoms with Gasteiger partial charge in [-0.05, 0) is 13.3 Å². The molecule has 1 N–H and O–H groups in total. The fraction of sp³-hybridized carbons (Fsp3) is 0.667. The molecule has 0 aliphatic rings. The van der Waals surface area contributed by atoms with Crippen molar-refractivity contribution in [1.82, 2.24) is 9.78 Å². The number of aromatic nitrogens is 2. The minimum Gasteiger partial charge on any atom is -0.388 e. The quantitative estimate of drug-likeness (QED) is 0.816. The molecule has 0 saturated carbocycles. The summed E-state index contributed by atoms with van der Waals surface area (Å²) in [4.78, 5) is 0. The molecule has 0 saturated heterocycles. The predicted molar refractivity (Wildman–Crippen MR) is 52.8 cm³/mol. The zero-order chi connectivity index (χ0) is 10.0. The largest absolute Gasteiger partial charge is 0.388 e. The Balaban J connectivity index is 2.98. The van der Waals surface area contributed by atoms with Crippen LogP contribution in [0, 0.1) is 6.92 Å². The molecule has 0 amide bonds. The van der Waals surface area contributed by atoms with Gasteiger partial charge >= 0.3 is 0 Å². The Morgan fingerprint density at radius 2 is 2.23 bits per heavy atom. The summed E-state index contributed by atoms with van der Waals surface area (Å²) in [5.41, 5.74) is 1.58. The van der Waals surface area contributed by atoms with Crippen molar-refractivity contribution in [2.45, 2.75) is 32.8 Å². The van der Waals surface area contributed by atoms with Gasteiger partial charge in [0.2, 0.25) is 0 Å². The lowest BCUT2D eigenvalue weighted by Crippen LogP contribution is -1.98. The second kappa shape index (κ2) is 4.11. The first-order valence-corrected chi connectivity index (χ1v) is 4.82. The molecule has 1 unspecified atom stereocenters. The third kappa shape index (κ3) is 2.03. The maximum Gasteiger partial charge on any atom is 0.132 e. The highest BCUT2D eigenvalue weighted by atomic mass is 35.5. The maximum absolute atomic E-state index is 9.76. The Kier molecular flexibility index (Phi) is 3.33. The van der Waals surface area contributed by atoms with Gasteiger partial charge in [0.25, 0.3) is 0 Å². The van der Waals surface area contributed by atoms with E-state index < -0.39 is 6.10 Å². The SMILES string of the molecule is CCCC(O)c1c(C)nn(C)c1Cl. The Bertz CT molecular complexity index is 296. The molecule has 74 valence electrons. The molecule has 0 spiro atoms. The number of hydrogen-bond acceptors (Lipinski definition) is 2. The summed E-state index contributed by atoms with van der Waals surface area (Å²) in [6.07, 6.45) is 1.18. The van der Waals surface area contributed by atoms with Crippen LogP contribution in [0.25, 0.3) is 0 Å². The Labute approximate surface area is 83.3 Å². The van der Waals surface area contributed by atoms with Crippen LogP contribution in [-0.4, -0.2) is 14.9 Å². The molecular formula is C9H15ClN2O. The Morgan fingerprint density at radius 3 is 2.62 bits per heavy atom. The third-order valence-electron chi connectivity index (χ3n) is 2.09. The second-order valence-corrected chi connectivity index (χ2v) is 3.58. The van der Waals surface area contributed by atoms with Gasteiger partial charge in [-0.2, -0.15) is 5.10 Å². The van der Waals surface area contributed by atoms with Crippen molar-refractivity contribution >= 4 is 11.6 Å². The van der Waals surface area contributed by atoms with E-state index in [0.717, 1.165) is 24.1 Å². The molecule has 3 nitrogen and oxygen atoms in total. The molecule has 0 aliphatic heterocycles. The average Bonchev–Trinajstić information content (AvgIpc) is 2.27. The minimum atomic E-state index is -0.480. The van der Waals surface area contributed by atoms with Crippen LogP contribution >= 0.6 is 11.6 Å². The molecule has 1 aromatic heterocycles. The highest BCUT2D eigenvalue weighted by Gasteiger charge is 2.18. The number of aryl methyl sites for hydroxylation is 2. The van der Waals surface area contributed by atoms with E-state index in [9.17, 15) is 5.11 Å². The molecule has 1 aromatic rings. The van der Waals surface area contributed by atoms with Crippen molar-refractivity contribution in [3.05, 3.63) is 16.4 Å². The number of nitrogens with zero attached hydrogens (tertiary/aromatic N) is 2. The summed E-state index contributed by atoms with van der Waals surface area (Å²) in [6, 6.07) is 0. The molecule has 0 aromatic carbocycles. The van der Waals surface area contributed by atoms with Gasteiger partial charge in [-0.1, -0.05) is 24.9 Å². The molecular weight excluding hydrogens is 188 g/mol. The van der Waals surface area contributed by atoms with Crippen molar-refractivity contribution in [2.75, 3.05) is 0 Å². The fourth-order valence-corrected chi connectivity index (χ4v) is 1.74. The smallest absolute Gasteiger partial charge is 0.132 e. The fourth-order valence-electron chi connectivity index (χ4n) is 1.44. The number of halogens is 1. The summed E-state index contributed by atoms with van der Waals surface area (Å²) >= 11 is 5.99. The van der Waals surface area contributed by atoms with Gasteiger partial charge in [0.05, 0.1) is 11.8 Å². The van der Waals surface area contributed by atoms with E-state index in [1.807, 2.05) is 13.8 Å².